The summed E-state index contributed by atoms with van der Waals surface area (Å²) in [4.78, 5) is 67.5. The molecule has 3 aromatic carbocycles. The van der Waals surface area contributed by atoms with E-state index < -0.39 is 76.3 Å². The van der Waals surface area contributed by atoms with Gasteiger partial charge in [-0.25, -0.2) is 4.79 Å². The van der Waals surface area contributed by atoms with E-state index in [9.17, 15) is 28.2 Å². The molecule has 11 nitrogen and oxygen atoms in total. The molecule has 1 N–H and O–H groups in total. The van der Waals surface area contributed by atoms with Crippen molar-refractivity contribution < 1.29 is 42.4 Å². The molecule has 2 aliphatic heterocycles. The molecule has 0 spiro atoms. The Morgan fingerprint density at radius 3 is 2.06 bits per heavy atom. The van der Waals surface area contributed by atoms with Gasteiger partial charge in [-0.15, -0.1) is 0 Å². The molecule has 0 aromatic heterocycles. The van der Waals surface area contributed by atoms with Crippen molar-refractivity contribution in [2.45, 2.75) is 36.6 Å². The van der Waals surface area contributed by atoms with Gasteiger partial charge < -0.3 is 19.5 Å². The molecule has 252 valence electrons. The Morgan fingerprint density at radius 1 is 0.898 bits per heavy atom. The molecule has 0 radical (unpaired) electrons. The highest BCUT2D eigenvalue weighted by atomic mass is 32.2. The standard InChI is InChI=1S/C37H34N2O9S/c1-3-4-8-21-29(41)34-28(22-46-24(2)40)32(37(44)48-33(25-15-9-5-10-16-25)26-17-11-6-12-18-26)39-35(43)31(36(39)49(34)45)38-30(42)23-47-27-19-13-7-14-20-27/h3-21,31,33-34,36H,22-23H2,1-2H3,(H,38,42)/b4-3+,21-8+/t31-,34+,36-,49?/m1/s1. The number of ether oxygens (including phenoxy) is 3. The Labute approximate surface area is 285 Å². The van der Waals surface area contributed by atoms with E-state index in [4.69, 9.17) is 14.2 Å². The monoisotopic (exact) mass is 682 g/mol. The molecular formula is C37H34N2O9S. The van der Waals surface area contributed by atoms with Crippen LogP contribution >= 0.6 is 0 Å². The second-order valence-electron chi connectivity index (χ2n) is 11.0. The lowest BCUT2D eigenvalue weighted by Gasteiger charge is -2.50. The number of hydrogen-bond donors (Lipinski definition) is 1. The van der Waals surface area contributed by atoms with Gasteiger partial charge >= 0.3 is 11.9 Å². The summed E-state index contributed by atoms with van der Waals surface area (Å²) in [5.74, 6) is -3.42. The first-order chi connectivity index (χ1) is 23.7. The molecule has 4 atom stereocenters. The molecule has 0 aliphatic carbocycles. The summed E-state index contributed by atoms with van der Waals surface area (Å²) in [6.45, 7) is 1.83. The topological polar surface area (TPSA) is 145 Å². The van der Waals surface area contributed by atoms with Crippen LogP contribution in [0.1, 0.15) is 31.1 Å². The van der Waals surface area contributed by atoms with Gasteiger partial charge in [-0.3, -0.25) is 28.3 Å². The number of para-hydroxylation sites is 1. The van der Waals surface area contributed by atoms with Gasteiger partial charge in [-0.2, -0.15) is 0 Å². The number of ketones is 1. The lowest BCUT2D eigenvalue weighted by molar-refractivity contribution is -0.155. The Kier molecular flexibility index (Phi) is 11.3. The van der Waals surface area contributed by atoms with E-state index >= 15 is 0 Å². The van der Waals surface area contributed by atoms with Gasteiger partial charge in [0.25, 0.3) is 11.8 Å². The fraction of sp³-hybridized carbons (Fsp3) is 0.216. The minimum atomic E-state index is -2.21. The number of amides is 2. The predicted molar refractivity (Wildman–Crippen MR) is 180 cm³/mol. The highest BCUT2D eigenvalue weighted by Crippen LogP contribution is 2.40. The van der Waals surface area contributed by atoms with Crippen LogP contribution in [0.5, 0.6) is 5.75 Å². The van der Waals surface area contributed by atoms with Gasteiger partial charge in [-0.05, 0) is 36.3 Å². The van der Waals surface area contributed by atoms with E-state index in [0.717, 1.165) is 11.8 Å². The van der Waals surface area contributed by atoms with Gasteiger partial charge in [0, 0.05) is 12.5 Å². The van der Waals surface area contributed by atoms with Crippen LogP contribution in [-0.4, -0.2) is 68.5 Å². The van der Waals surface area contributed by atoms with E-state index in [1.807, 2.05) is 12.1 Å². The minimum absolute atomic E-state index is 0.157. The Bertz CT molecular complexity index is 1780. The number of β-lactam (4-membered cyclic amide) rings is 1. The zero-order chi connectivity index (χ0) is 34.9. The lowest BCUT2D eigenvalue weighted by Crippen LogP contribution is -2.75. The molecule has 2 heterocycles. The van der Waals surface area contributed by atoms with Crippen molar-refractivity contribution in [3.63, 3.8) is 0 Å². The molecule has 1 saturated heterocycles. The normalized spacial score (nSPS) is 20.1. The zero-order valence-corrected chi connectivity index (χ0v) is 27.5. The highest BCUT2D eigenvalue weighted by Gasteiger charge is 2.61. The fourth-order valence-corrected chi connectivity index (χ4v) is 7.36. The molecule has 12 heteroatoms. The molecule has 5 rings (SSSR count). The summed E-state index contributed by atoms with van der Waals surface area (Å²) in [6, 6.07) is 25.0. The molecule has 0 bridgehead atoms. The molecule has 3 aromatic rings. The van der Waals surface area contributed by atoms with Crippen LogP contribution in [0.25, 0.3) is 0 Å². The maximum atomic E-state index is 14.3. The number of rotatable bonds is 13. The Hall–Kier alpha value is -5.62. The van der Waals surface area contributed by atoms with Gasteiger partial charge in [-0.1, -0.05) is 97.1 Å². The van der Waals surface area contributed by atoms with Gasteiger partial charge in [0.15, 0.2) is 18.5 Å². The Balaban J connectivity index is 1.54. The number of nitrogens with one attached hydrogen (secondary N) is 1. The van der Waals surface area contributed by atoms with Crippen LogP contribution in [0.4, 0.5) is 0 Å². The number of hydrogen-bond acceptors (Lipinski definition) is 9. The molecule has 1 fully saturated rings. The summed E-state index contributed by atoms with van der Waals surface area (Å²) >= 11 is 0. The third kappa shape index (κ3) is 7.92. The number of allylic oxidation sites excluding steroid dienone is 4. The number of carbonyl (C=O) groups excluding carboxylic acids is 5. The summed E-state index contributed by atoms with van der Waals surface area (Å²) in [5.41, 5.74) is 0.716. The van der Waals surface area contributed by atoms with Gasteiger partial charge in [0.2, 0.25) is 0 Å². The second-order valence-corrected chi connectivity index (χ2v) is 12.6. The second kappa shape index (κ2) is 16.0. The predicted octanol–water partition coefficient (Wildman–Crippen LogP) is 3.70. The van der Waals surface area contributed by atoms with Crippen molar-refractivity contribution in [2.75, 3.05) is 13.2 Å². The third-order valence-corrected chi connectivity index (χ3v) is 9.62. The number of esters is 2. The molecule has 1 unspecified atom stereocenters. The van der Waals surface area contributed by atoms with Crippen molar-refractivity contribution in [3.05, 3.63) is 138 Å². The quantitative estimate of drug-likeness (QED) is 0.123. The first-order valence-corrected chi connectivity index (χ1v) is 16.7. The van der Waals surface area contributed by atoms with Crippen molar-refractivity contribution in [3.8, 4) is 5.75 Å². The summed E-state index contributed by atoms with van der Waals surface area (Å²) in [7, 11) is -2.21. The van der Waals surface area contributed by atoms with Gasteiger partial charge in [0.05, 0.1) is 10.8 Å². The van der Waals surface area contributed by atoms with Crippen molar-refractivity contribution in [2.24, 2.45) is 0 Å². The van der Waals surface area contributed by atoms with E-state index in [1.54, 1.807) is 97.9 Å². The average Bonchev–Trinajstić information content (AvgIpc) is 3.11. The van der Waals surface area contributed by atoms with E-state index in [-0.39, 0.29) is 11.3 Å². The summed E-state index contributed by atoms with van der Waals surface area (Å²) in [5, 5.41) is -0.276. The lowest BCUT2D eigenvalue weighted by atomic mass is 9.98. The fourth-order valence-electron chi connectivity index (χ4n) is 5.45. The molecule has 49 heavy (non-hydrogen) atoms. The van der Waals surface area contributed by atoms with Crippen molar-refractivity contribution in [1.29, 1.82) is 0 Å². The number of benzene rings is 3. The van der Waals surface area contributed by atoms with E-state index in [1.165, 1.54) is 12.2 Å². The third-order valence-electron chi connectivity index (χ3n) is 7.68. The van der Waals surface area contributed by atoms with Crippen LogP contribution in [-0.2, 0) is 44.2 Å². The largest absolute Gasteiger partial charge is 0.484 e. The molecule has 2 aliphatic rings. The van der Waals surface area contributed by atoms with Crippen molar-refractivity contribution >= 4 is 40.3 Å². The molecule has 0 saturated carbocycles. The number of fused-ring (bicyclic) bond motifs is 1. The van der Waals surface area contributed by atoms with E-state index in [0.29, 0.717) is 16.9 Å². The van der Waals surface area contributed by atoms with Crippen LogP contribution in [0, 0.1) is 0 Å². The first kappa shape index (κ1) is 34.7. The highest BCUT2D eigenvalue weighted by molar-refractivity contribution is 7.87. The maximum absolute atomic E-state index is 14.3. The van der Waals surface area contributed by atoms with E-state index in [2.05, 4.69) is 5.32 Å². The summed E-state index contributed by atoms with van der Waals surface area (Å²) in [6.07, 6.45) is 4.97. The maximum Gasteiger partial charge on any atom is 0.356 e. The minimum Gasteiger partial charge on any atom is -0.484 e. The SMILES string of the molecule is C/C=C/C=C/C(=O)[C@@H]1C(COC(C)=O)=C(C(=O)OC(c2ccccc2)c2ccccc2)N2C(=O)[C@@H](NC(=O)COc3ccccc3)[C@H]2S1=O. The number of carbonyl (C=O) groups is 5. The van der Waals surface area contributed by atoms with Crippen LogP contribution in [0.15, 0.2) is 127 Å². The Morgan fingerprint density at radius 2 is 1.49 bits per heavy atom. The molecule has 2 amide bonds. The van der Waals surface area contributed by atoms with Crippen LogP contribution in [0.2, 0.25) is 0 Å². The molecular weight excluding hydrogens is 648 g/mol. The van der Waals surface area contributed by atoms with Crippen LogP contribution < -0.4 is 10.1 Å². The first-order valence-electron chi connectivity index (χ1n) is 15.4. The zero-order valence-electron chi connectivity index (χ0n) is 26.7. The number of nitrogens with zero attached hydrogens (tertiary/aromatic N) is 1. The average molecular weight is 683 g/mol. The van der Waals surface area contributed by atoms with Crippen LogP contribution in [0.3, 0.4) is 0 Å². The van der Waals surface area contributed by atoms with Gasteiger partial charge in [0.1, 0.15) is 34.7 Å². The smallest absolute Gasteiger partial charge is 0.356 e. The van der Waals surface area contributed by atoms with Crippen molar-refractivity contribution in [1.82, 2.24) is 10.2 Å². The summed E-state index contributed by atoms with van der Waals surface area (Å²) < 4.78 is 31.0.